The van der Waals surface area contributed by atoms with E-state index in [9.17, 15) is 4.79 Å². The van der Waals surface area contributed by atoms with Crippen LogP contribution in [0.1, 0.15) is 17.0 Å². The lowest BCUT2D eigenvalue weighted by Crippen LogP contribution is -2.47. The maximum absolute atomic E-state index is 12.1. The lowest BCUT2D eigenvalue weighted by Gasteiger charge is -2.32. The number of rotatable bonds is 4. The molecular weight excluding hydrogens is 262 g/mol. The van der Waals surface area contributed by atoms with Gasteiger partial charge >= 0.3 is 0 Å². The standard InChI is InChI=1S/C13H21N3O2S/c1-10-12(11(2)18-14-10)8-19-9-13(17)16-6-4-15(3)5-7-16/h4-9H2,1-3H3. The molecular formula is C13H21N3O2S. The first kappa shape index (κ1) is 14.4. The van der Waals surface area contributed by atoms with Gasteiger partial charge in [-0.2, -0.15) is 0 Å². The van der Waals surface area contributed by atoms with Crippen LogP contribution in [0.4, 0.5) is 0 Å². The molecule has 2 rings (SSSR count). The summed E-state index contributed by atoms with van der Waals surface area (Å²) >= 11 is 1.64. The summed E-state index contributed by atoms with van der Waals surface area (Å²) in [7, 11) is 2.09. The van der Waals surface area contributed by atoms with Crippen molar-refractivity contribution in [2.24, 2.45) is 0 Å². The fraction of sp³-hybridized carbons (Fsp3) is 0.692. The molecule has 0 N–H and O–H groups in total. The first-order valence-electron chi connectivity index (χ1n) is 6.53. The molecule has 0 spiro atoms. The van der Waals surface area contributed by atoms with Crippen LogP contribution in [0.5, 0.6) is 0 Å². The quantitative estimate of drug-likeness (QED) is 0.833. The zero-order valence-corrected chi connectivity index (χ0v) is 12.6. The molecule has 1 aromatic heterocycles. The largest absolute Gasteiger partial charge is 0.361 e. The van der Waals surface area contributed by atoms with Gasteiger partial charge in [0.1, 0.15) is 5.76 Å². The number of aromatic nitrogens is 1. The lowest BCUT2D eigenvalue weighted by atomic mass is 10.2. The summed E-state index contributed by atoms with van der Waals surface area (Å²) in [6.45, 7) is 7.50. The summed E-state index contributed by atoms with van der Waals surface area (Å²) in [6, 6.07) is 0. The monoisotopic (exact) mass is 283 g/mol. The van der Waals surface area contributed by atoms with Crippen LogP contribution in [-0.2, 0) is 10.5 Å². The normalized spacial score (nSPS) is 16.9. The number of hydrogen-bond acceptors (Lipinski definition) is 5. The van der Waals surface area contributed by atoms with Crippen LogP contribution in [0, 0.1) is 13.8 Å². The predicted octanol–water partition coefficient (Wildman–Crippen LogP) is 1.30. The van der Waals surface area contributed by atoms with E-state index < -0.39 is 0 Å². The maximum Gasteiger partial charge on any atom is 0.232 e. The van der Waals surface area contributed by atoms with Gasteiger partial charge in [-0.3, -0.25) is 4.79 Å². The Morgan fingerprint density at radius 2 is 2.00 bits per heavy atom. The van der Waals surface area contributed by atoms with Crippen molar-refractivity contribution in [3.63, 3.8) is 0 Å². The molecule has 0 saturated carbocycles. The van der Waals surface area contributed by atoms with E-state index >= 15 is 0 Å². The lowest BCUT2D eigenvalue weighted by molar-refractivity contribution is -0.129. The van der Waals surface area contributed by atoms with Crippen molar-refractivity contribution < 1.29 is 9.32 Å². The summed E-state index contributed by atoms with van der Waals surface area (Å²) < 4.78 is 5.12. The third-order valence-corrected chi connectivity index (χ3v) is 4.45. The van der Waals surface area contributed by atoms with Crippen molar-refractivity contribution in [1.82, 2.24) is 15.0 Å². The molecule has 19 heavy (non-hydrogen) atoms. The van der Waals surface area contributed by atoms with Gasteiger partial charge in [0.05, 0.1) is 11.4 Å². The number of amides is 1. The van der Waals surface area contributed by atoms with Crippen LogP contribution >= 0.6 is 11.8 Å². The Labute approximate surface area is 118 Å². The minimum absolute atomic E-state index is 0.241. The fourth-order valence-electron chi connectivity index (χ4n) is 2.10. The molecule has 0 unspecified atom stereocenters. The van der Waals surface area contributed by atoms with Crippen LogP contribution in [0.3, 0.4) is 0 Å². The minimum Gasteiger partial charge on any atom is -0.361 e. The topological polar surface area (TPSA) is 49.6 Å². The van der Waals surface area contributed by atoms with Gasteiger partial charge in [0.25, 0.3) is 0 Å². The highest BCUT2D eigenvalue weighted by Crippen LogP contribution is 2.19. The summed E-state index contributed by atoms with van der Waals surface area (Å²) in [5, 5.41) is 3.92. The molecule has 1 fully saturated rings. The fourth-order valence-corrected chi connectivity index (χ4v) is 3.17. The molecule has 6 heteroatoms. The first-order chi connectivity index (χ1) is 9.08. The Balaban J connectivity index is 1.75. The number of nitrogens with zero attached hydrogens (tertiary/aromatic N) is 3. The van der Waals surface area contributed by atoms with Crippen LogP contribution < -0.4 is 0 Å². The highest BCUT2D eigenvalue weighted by atomic mass is 32.2. The summed E-state index contributed by atoms with van der Waals surface area (Å²) in [5.41, 5.74) is 2.05. The van der Waals surface area contributed by atoms with Gasteiger partial charge in [-0.05, 0) is 20.9 Å². The molecule has 1 aromatic rings. The molecule has 1 aliphatic rings. The van der Waals surface area contributed by atoms with Gasteiger partial charge in [0.2, 0.25) is 5.91 Å². The van der Waals surface area contributed by atoms with Gasteiger partial charge in [-0.25, -0.2) is 0 Å². The molecule has 0 bridgehead atoms. The van der Waals surface area contributed by atoms with E-state index in [2.05, 4.69) is 17.1 Å². The van der Waals surface area contributed by atoms with Crippen molar-refractivity contribution in [3.8, 4) is 0 Å². The average Bonchev–Trinajstić information content (AvgIpc) is 2.71. The van der Waals surface area contributed by atoms with Crippen molar-refractivity contribution in [2.75, 3.05) is 39.0 Å². The molecule has 0 radical (unpaired) electrons. The Kier molecular flexibility index (Phi) is 4.87. The summed E-state index contributed by atoms with van der Waals surface area (Å²) in [4.78, 5) is 16.3. The van der Waals surface area contributed by atoms with Crippen LogP contribution in [0.2, 0.25) is 0 Å². The average molecular weight is 283 g/mol. The second-order valence-electron chi connectivity index (χ2n) is 4.98. The van der Waals surface area contributed by atoms with E-state index in [-0.39, 0.29) is 5.91 Å². The zero-order valence-electron chi connectivity index (χ0n) is 11.8. The number of carbonyl (C=O) groups excluding carboxylic acids is 1. The number of carbonyl (C=O) groups is 1. The maximum atomic E-state index is 12.1. The number of piperazine rings is 1. The third kappa shape index (κ3) is 3.73. The number of hydrogen-bond donors (Lipinski definition) is 0. The van der Waals surface area contributed by atoms with Crippen molar-refractivity contribution in [1.29, 1.82) is 0 Å². The number of thioether (sulfide) groups is 1. The predicted molar refractivity (Wildman–Crippen MR) is 76.2 cm³/mol. The van der Waals surface area contributed by atoms with E-state index in [1.807, 2.05) is 18.7 Å². The zero-order chi connectivity index (χ0) is 13.8. The Hall–Kier alpha value is -1.01. The number of aryl methyl sites for hydroxylation is 2. The van der Waals surface area contributed by atoms with E-state index in [1.54, 1.807) is 11.8 Å². The van der Waals surface area contributed by atoms with Gasteiger partial charge < -0.3 is 14.3 Å². The van der Waals surface area contributed by atoms with Crippen LogP contribution in [0.15, 0.2) is 4.52 Å². The Morgan fingerprint density at radius 3 is 2.58 bits per heavy atom. The van der Waals surface area contributed by atoms with Crippen molar-refractivity contribution >= 4 is 17.7 Å². The second kappa shape index (κ2) is 6.43. The molecule has 5 nitrogen and oxygen atoms in total. The SMILES string of the molecule is Cc1noc(C)c1CSCC(=O)N1CCN(C)CC1. The molecule has 2 heterocycles. The second-order valence-corrected chi connectivity index (χ2v) is 5.97. The number of likely N-dealkylation sites (N-methyl/N-ethyl adjacent to an activating group) is 1. The van der Waals surface area contributed by atoms with E-state index in [1.165, 1.54) is 0 Å². The van der Waals surface area contributed by atoms with Crippen molar-refractivity contribution in [2.45, 2.75) is 19.6 Å². The Bertz CT molecular complexity index is 420. The van der Waals surface area contributed by atoms with Gasteiger partial charge in [0, 0.05) is 37.5 Å². The van der Waals surface area contributed by atoms with Crippen LogP contribution in [0.25, 0.3) is 0 Å². The molecule has 106 valence electrons. The minimum atomic E-state index is 0.241. The van der Waals surface area contributed by atoms with E-state index in [4.69, 9.17) is 4.52 Å². The Morgan fingerprint density at radius 1 is 1.32 bits per heavy atom. The highest BCUT2D eigenvalue weighted by Gasteiger charge is 2.19. The van der Waals surface area contributed by atoms with Crippen molar-refractivity contribution in [3.05, 3.63) is 17.0 Å². The van der Waals surface area contributed by atoms with Gasteiger partial charge in [-0.15, -0.1) is 11.8 Å². The molecule has 1 amide bonds. The van der Waals surface area contributed by atoms with Crippen LogP contribution in [-0.4, -0.2) is 59.8 Å². The van der Waals surface area contributed by atoms with Gasteiger partial charge in [0.15, 0.2) is 0 Å². The van der Waals surface area contributed by atoms with E-state index in [0.29, 0.717) is 5.75 Å². The highest BCUT2D eigenvalue weighted by molar-refractivity contribution is 7.99. The van der Waals surface area contributed by atoms with E-state index in [0.717, 1.165) is 48.9 Å². The van der Waals surface area contributed by atoms with Gasteiger partial charge in [-0.1, -0.05) is 5.16 Å². The molecule has 1 saturated heterocycles. The first-order valence-corrected chi connectivity index (χ1v) is 7.69. The smallest absolute Gasteiger partial charge is 0.232 e. The molecule has 0 atom stereocenters. The molecule has 1 aliphatic heterocycles. The molecule has 0 aromatic carbocycles. The summed E-state index contributed by atoms with van der Waals surface area (Å²) in [6.07, 6.45) is 0. The summed E-state index contributed by atoms with van der Waals surface area (Å²) in [5.74, 6) is 2.43. The molecule has 0 aliphatic carbocycles. The third-order valence-electron chi connectivity index (χ3n) is 3.51.